The fraction of sp³-hybridized carbons (Fsp3) is 0.154. The Kier molecular flexibility index (Phi) is 3.38. The molecule has 1 heterocycles. The minimum atomic E-state index is 0.515. The SMILES string of the molecule is COc1ccc(COc2ccccc2)cn1. The van der Waals surface area contributed by atoms with Gasteiger partial charge in [-0.1, -0.05) is 18.2 Å². The number of pyridine rings is 1. The van der Waals surface area contributed by atoms with Crippen molar-refractivity contribution in [2.45, 2.75) is 6.61 Å². The van der Waals surface area contributed by atoms with E-state index < -0.39 is 0 Å². The normalized spacial score (nSPS) is 9.81. The second-order valence-electron chi connectivity index (χ2n) is 3.31. The summed E-state index contributed by atoms with van der Waals surface area (Å²) < 4.78 is 10.6. The molecule has 0 aliphatic rings. The van der Waals surface area contributed by atoms with E-state index in [2.05, 4.69) is 4.98 Å². The quantitative estimate of drug-likeness (QED) is 0.785. The zero-order chi connectivity index (χ0) is 11.2. The van der Waals surface area contributed by atoms with Gasteiger partial charge in [0.05, 0.1) is 7.11 Å². The van der Waals surface area contributed by atoms with Gasteiger partial charge in [0, 0.05) is 17.8 Å². The Labute approximate surface area is 94.7 Å². The van der Waals surface area contributed by atoms with Crippen LogP contribution in [0.3, 0.4) is 0 Å². The molecule has 2 aromatic rings. The van der Waals surface area contributed by atoms with E-state index in [1.165, 1.54) is 0 Å². The lowest BCUT2D eigenvalue weighted by atomic mass is 10.3. The Morgan fingerprint density at radius 3 is 2.50 bits per heavy atom. The molecule has 0 saturated heterocycles. The minimum Gasteiger partial charge on any atom is -0.489 e. The van der Waals surface area contributed by atoms with E-state index >= 15 is 0 Å². The lowest BCUT2D eigenvalue weighted by molar-refractivity contribution is 0.305. The first-order valence-electron chi connectivity index (χ1n) is 5.05. The zero-order valence-electron chi connectivity index (χ0n) is 9.09. The van der Waals surface area contributed by atoms with Crippen molar-refractivity contribution in [3.05, 3.63) is 54.2 Å². The molecule has 0 atom stereocenters. The molecule has 1 aromatic carbocycles. The van der Waals surface area contributed by atoms with E-state index in [-0.39, 0.29) is 0 Å². The Morgan fingerprint density at radius 1 is 1.06 bits per heavy atom. The smallest absolute Gasteiger partial charge is 0.212 e. The molecular formula is C13H13NO2. The second-order valence-corrected chi connectivity index (χ2v) is 3.31. The number of ether oxygens (including phenoxy) is 2. The summed E-state index contributed by atoms with van der Waals surface area (Å²) >= 11 is 0. The maximum atomic E-state index is 5.58. The summed E-state index contributed by atoms with van der Waals surface area (Å²) in [6.07, 6.45) is 1.75. The highest BCUT2D eigenvalue weighted by Crippen LogP contribution is 2.12. The van der Waals surface area contributed by atoms with E-state index in [4.69, 9.17) is 9.47 Å². The third-order valence-electron chi connectivity index (χ3n) is 2.16. The number of hydrogen-bond acceptors (Lipinski definition) is 3. The molecule has 0 N–H and O–H groups in total. The van der Waals surface area contributed by atoms with Gasteiger partial charge in [-0.05, 0) is 18.2 Å². The van der Waals surface area contributed by atoms with Gasteiger partial charge < -0.3 is 9.47 Å². The van der Waals surface area contributed by atoms with Crippen LogP contribution in [0.2, 0.25) is 0 Å². The van der Waals surface area contributed by atoms with Crippen molar-refractivity contribution in [1.29, 1.82) is 0 Å². The number of hydrogen-bond donors (Lipinski definition) is 0. The number of rotatable bonds is 4. The molecule has 3 nitrogen and oxygen atoms in total. The molecule has 0 spiro atoms. The van der Waals surface area contributed by atoms with Crippen LogP contribution in [0, 0.1) is 0 Å². The maximum Gasteiger partial charge on any atom is 0.212 e. The van der Waals surface area contributed by atoms with E-state index in [9.17, 15) is 0 Å². The van der Waals surface area contributed by atoms with Gasteiger partial charge >= 0.3 is 0 Å². The van der Waals surface area contributed by atoms with Crippen LogP contribution in [-0.4, -0.2) is 12.1 Å². The molecule has 2 rings (SSSR count). The molecule has 0 fully saturated rings. The largest absolute Gasteiger partial charge is 0.489 e. The highest BCUT2D eigenvalue weighted by Gasteiger charge is 1.97. The van der Waals surface area contributed by atoms with Crippen molar-refractivity contribution in [2.24, 2.45) is 0 Å². The number of benzene rings is 1. The van der Waals surface area contributed by atoms with E-state index in [1.54, 1.807) is 13.3 Å². The van der Waals surface area contributed by atoms with E-state index in [1.807, 2.05) is 42.5 Å². The molecule has 0 aliphatic heterocycles. The van der Waals surface area contributed by atoms with Crippen LogP contribution < -0.4 is 9.47 Å². The second kappa shape index (κ2) is 5.16. The van der Waals surface area contributed by atoms with Gasteiger partial charge in [0.25, 0.3) is 0 Å². The van der Waals surface area contributed by atoms with Crippen molar-refractivity contribution >= 4 is 0 Å². The topological polar surface area (TPSA) is 31.4 Å². The monoisotopic (exact) mass is 215 g/mol. The van der Waals surface area contributed by atoms with E-state index in [0.717, 1.165) is 11.3 Å². The van der Waals surface area contributed by atoms with Crippen LogP contribution in [0.1, 0.15) is 5.56 Å². The maximum absolute atomic E-state index is 5.58. The molecule has 1 aromatic heterocycles. The Hall–Kier alpha value is -2.03. The van der Waals surface area contributed by atoms with Crippen LogP contribution in [0.4, 0.5) is 0 Å². The minimum absolute atomic E-state index is 0.515. The summed E-state index contributed by atoms with van der Waals surface area (Å²) in [7, 11) is 1.60. The molecule has 0 aliphatic carbocycles. The molecule has 16 heavy (non-hydrogen) atoms. The third kappa shape index (κ3) is 2.73. The average Bonchev–Trinajstić information content (AvgIpc) is 2.38. The lowest BCUT2D eigenvalue weighted by Gasteiger charge is -2.05. The number of aromatic nitrogens is 1. The summed E-state index contributed by atoms with van der Waals surface area (Å²) in [4.78, 5) is 4.11. The Morgan fingerprint density at radius 2 is 1.88 bits per heavy atom. The fourth-order valence-corrected chi connectivity index (χ4v) is 1.30. The highest BCUT2D eigenvalue weighted by atomic mass is 16.5. The van der Waals surface area contributed by atoms with Crippen molar-refractivity contribution < 1.29 is 9.47 Å². The van der Waals surface area contributed by atoms with Gasteiger partial charge in [-0.3, -0.25) is 0 Å². The van der Waals surface area contributed by atoms with Crippen LogP contribution in [0.5, 0.6) is 11.6 Å². The first-order valence-corrected chi connectivity index (χ1v) is 5.05. The zero-order valence-corrected chi connectivity index (χ0v) is 9.09. The van der Waals surface area contributed by atoms with Crippen LogP contribution >= 0.6 is 0 Å². The predicted molar refractivity (Wildman–Crippen MR) is 61.6 cm³/mol. The number of para-hydroxylation sites is 1. The summed E-state index contributed by atoms with van der Waals surface area (Å²) in [6, 6.07) is 13.5. The lowest BCUT2D eigenvalue weighted by Crippen LogP contribution is -1.96. The molecule has 0 unspecified atom stereocenters. The highest BCUT2D eigenvalue weighted by molar-refractivity contribution is 5.22. The van der Waals surface area contributed by atoms with E-state index in [0.29, 0.717) is 12.5 Å². The van der Waals surface area contributed by atoms with Crippen molar-refractivity contribution in [3.63, 3.8) is 0 Å². The van der Waals surface area contributed by atoms with Gasteiger partial charge in [-0.25, -0.2) is 4.98 Å². The molecule has 0 amide bonds. The fourth-order valence-electron chi connectivity index (χ4n) is 1.30. The Bertz CT molecular complexity index is 425. The van der Waals surface area contributed by atoms with Crippen molar-refractivity contribution in [3.8, 4) is 11.6 Å². The van der Waals surface area contributed by atoms with Gasteiger partial charge in [0.15, 0.2) is 0 Å². The molecule has 0 saturated carbocycles. The average molecular weight is 215 g/mol. The molecule has 0 radical (unpaired) electrons. The third-order valence-corrected chi connectivity index (χ3v) is 2.16. The number of nitrogens with zero attached hydrogens (tertiary/aromatic N) is 1. The summed E-state index contributed by atoms with van der Waals surface area (Å²) in [5.41, 5.74) is 1.02. The first kappa shape index (κ1) is 10.5. The van der Waals surface area contributed by atoms with Crippen LogP contribution in [-0.2, 0) is 6.61 Å². The van der Waals surface area contributed by atoms with Gasteiger partial charge in [-0.2, -0.15) is 0 Å². The Balaban J connectivity index is 1.94. The van der Waals surface area contributed by atoms with Crippen molar-refractivity contribution in [2.75, 3.05) is 7.11 Å². The standard InChI is InChI=1S/C13H13NO2/c1-15-13-8-7-11(9-14-13)10-16-12-5-3-2-4-6-12/h2-9H,10H2,1H3. The van der Waals surface area contributed by atoms with Crippen LogP contribution in [0.25, 0.3) is 0 Å². The molecule has 3 heteroatoms. The number of methoxy groups -OCH3 is 1. The predicted octanol–water partition coefficient (Wildman–Crippen LogP) is 2.67. The first-order chi connectivity index (χ1) is 7.88. The summed E-state index contributed by atoms with van der Waals surface area (Å²) in [6.45, 7) is 0.515. The molecule has 0 bridgehead atoms. The van der Waals surface area contributed by atoms with Gasteiger partial charge in [-0.15, -0.1) is 0 Å². The van der Waals surface area contributed by atoms with Crippen LogP contribution in [0.15, 0.2) is 48.7 Å². The summed E-state index contributed by atoms with van der Waals surface area (Å²) in [5, 5.41) is 0. The van der Waals surface area contributed by atoms with Gasteiger partial charge in [0.2, 0.25) is 5.88 Å². The van der Waals surface area contributed by atoms with Gasteiger partial charge in [0.1, 0.15) is 12.4 Å². The van der Waals surface area contributed by atoms with Crippen molar-refractivity contribution in [1.82, 2.24) is 4.98 Å². The summed E-state index contributed by atoms with van der Waals surface area (Å²) in [5.74, 6) is 1.47. The molecular weight excluding hydrogens is 202 g/mol. The molecule has 82 valence electrons.